The molecule has 0 saturated heterocycles. The van der Waals surface area contributed by atoms with Crippen molar-refractivity contribution in [3.63, 3.8) is 0 Å². The van der Waals surface area contributed by atoms with E-state index in [1.54, 1.807) is 0 Å². The van der Waals surface area contributed by atoms with Gasteiger partial charge in [0.1, 0.15) is 29.3 Å². The van der Waals surface area contributed by atoms with Crippen molar-refractivity contribution in [2.24, 2.45) is 5.73 Å². The van der Waals surface area contributed by atoms with Crippen LogP contribution in [-0.4, -0.2) is 25.8 Å². The Balaban J connectivity index is 0.00000205. The minimum absolute atomic E-state index is 0. The fourth-order valence-electron chi connectivity index (χ4n) is 3.59. The van der Waals surface area contributed by atoms with Crippen molar-refractivity contribution in [1.82, 2.24) is 19.7 Å². The zero-order valence-corrected chi connectivity index (χ0v) is 16.7. The zero-order chi connectivity index (χ0) is 19.1. The van der Waals surface area contributed by atoms with Gasteiger partial charge in [0.15, 0.2) is 5.65 Å². The third-order valence-electron chi connectivity index (χ3n) is 5.12. The number of para-hydroxylation sites is 1. The summed E-state index contributed by atoms with van der Waals surface area (Å²) in [7, 11) is 0. The number of rotatable bonds is 4. The number of anilines is 1. The molecule has 148 valence electrons. The molecule has 2 aromatic carbocycles. The van der Waals surface area contributed by atoms with E-state index in [1.807, 2.05) is 59.3 Å². The van der Waals surface area contributed by atoms with Crippen LogP contribution >= 0.6 is 13.5 Å². The average molecular weight is 407 g/mol. The normalized spacial score (nSPS) is 18.1. The predicted octanol–water partition coefficient (Wildman–Crippen LogP) is 3.64. The van der Waals surface area contributed by atoms with Crippen molar-refractivity contribution in [3.8, 4) is 22.8 Å². The SMILES string of the molecule is Nc1ncnc2c1c(-c1ccc(Oc3ccccc3)cc1)nn2C1CC(N)C1.S. The lowest BCUT2D eigenvalue weighted by Gasteiger charge is -2.32. The van der Waals surface area contributed by atoms with Gasteiger partial charge in [0, 0.05) is 11.6 Å². The topological polar surface area (TPSA) is 105 Å². The minimum Gasteiger partial charge on any atom is -0.457 e. The van der Waals surface area contributed by atoms with Crippen molar-refractivity contribution in [1.29, 1.82) is 0 Å². The van der Waals surface area contributed by atoms with Crippen molar-refractivity contribution in [2.45, 2.75) is 24.9 Å². The highest BCUT2D eigenvalue weighted by atomic mass is 32.1. The van der Waals surface area contributed by atoms with Crippen LogP contribution < -0.4 is 16.2 Å². The molecule has 1 saturated carbocycles. The van der Waals surface area contributed by atoms with Gasteiger partial charge in [0.25, 0.3) is 0 Å². The van der Waals surface area contributed by atoms with E-state index in [4.69, 9.17) is 21.3 Å². The van der Waals surface area contributed by atoms with Gasteiger partial charge >= 0.3 is 0 Å². The fourth-order valence-corrected chi connectivity index (χ4v) is 3.59. The van der Waals surface area contributed by atoms with Gasteiger partial charge in [-0.05, 0) is 49.2 Å². The van der Waals surface area contributed by atoms with Gasteiger partial charge in [0.05, 0.1) is 11.4 Å². The van der Waals surface area contributed by atoms with E-state index in [0.717, 1.165) is 46.6 Å². The van der Waals surface area contributed by atoms with Gasteiger partial charge in [-0.25, -0.2) is 14.6 Å². The summed E-state index contributed by atoms with van der Waals surface area (Å²) in [5, 5.41) is 5.61. The lowest BCUT2D eigenvalue weighted by molar-refractivity contribution is 0.253. The van der Waals surface area contributed by atoms with E-state index in [2.05, 4.69) is 9.97 Å². The second-order valence-corrected chi connectivity index (χ2v) is 7.08. The monoisotopic (exact) mass is 406 g/mol. The van der Waals surface area contributed by atoms with Crippen LogP contribution in [0.15, 0.2) is 60.9 Å². The van der Waals surface area contributed by atoms with Crippen molar-refractivity contribution in [2.75, 3.05) is 5.73 Å². The number of nitrogens with two attached hydrogens (primary N) is 2. The predicted molar refractivity (Wildman–Crippen MR) is 118 cm³/mol. The van der Waals surface area contributed by atoms with E-state index in [9.17, 15) is 0 Å². The molecule has 0 unspecified atom stereocenters. The lowest BCUT2D eigenvalue weighted by atomic mass is 9.88. The molecule has 2 aromatic heterocycles. The van der Waals surface area contributed by atoms with Crippen LogP contribution in [-0.2, 0) is 0 Å². The van der Waals surface area contributed by atoms with Crippen LogP contribution in [0.25, 0.3) is 22.3 Å². The highest BCUT2D eigenvalue weighted by Crippen LogP contribution is 2.37. The highest BCUT2D eigenvalue weighted by molar-refractivity contribution is 7.59. The molecule has 2 heterocycles. The number of hydrogen-bond donors (Lipinski definition) is 2. The second-order valence-electron chi connectivity index (χ2n) is 7.08. The molecule has 0 amide bonds. The fraction of sp³-hybridized carbons (Fsp3) is 0.190. The van der Waals surface area contributed by atoms with Crippen LogP contribution in [0.1, 0.15) is 18.9 Å². The van der Waals surface area contributed by atoms with Gasteiger partial charge in [-0.3, -0.25) is 0 Å². The van der Waals surface area contributed by atoms with Gasteiger partial charge in [-0.15, -0.1) is 0 Å². The molecule has 7 nitrogen and oxygen atoms in total. The maximum atomic E-state index is 6.17. The Hall–Kier alpha value is -3.10. The van der Waals surface area contributed by atoms with E-state index in [0.29, 0.717) is 5.82 Å². The molecule has 29 heavy (non-hydrogen) atoms. The van der Waals surface area contributed by atoms with Crippen LogP contribution in [0.4, 0.5) is 5.82 Å². The van der Waals surface area contributed by atoms with Crippen molar-refractivity contribution in [3.05, 3.63) is 60.9 Å². The average Bonchev–Trinajstić information content (AvgIpc) is 3.07. The zero-order valence-electron chi connectivity index (χ0n) is 15.7. The number of nitrogen functional groups attached to an aromatic ring is 1. The Kier molecular flexibility index (Phi) is 5.12. The second kappa shape index (κ2) is 7.73. The van der Waals surface area contributed by atoms with Gasteiger partial charge in [-0.2, -0.15) is 18.6 Å². The van der Waals surface area contributed by atoms with Crippen molar-refractivity contribution >= 4 is 30.3 Å². The largest absolute Gasteiger partial charge is 0.457 e. The first-order chi connectivity index (χ1) is 13.7. The smallest absolute Gasteiger partial charge is 0.164 e. The molecule has 8 heteroatoms. The standard InChI is InChI=1S/C21H20N6O.H2S/c22-14-10-15(11-14)27-21-18(20(23)24-12-25-21)19(26-27)13-6-8-17(9-7-13)28-16-4-2-1-3-5-16;/h1-9,12,14-15H,10-11,22H2,(H2,23,24,25);1H2. The molecule has 0 spiro atoms. The van der Waals surface area contributed by atoms with E-state index >= 15 is 0 Å². The molecular weight excluding hydrogens is 384 g/mol. The van der Waals surface area contributed by atoms with E-state index < -0.39 is 0 Å². The lowest BCUT2D eigenvalue weighted by Crippen LogP contribution is -2.38. The first kappa shape index (κ1) is 19.2. The van der Waals surface area contributed by atoms with Gasteiger partial charge < -0.3 is 16.2 Å². The van der Waals surface area contributed by atoms with Crippen LogP contribution in [0.3, 0.4) is 0 Å². The molecule has 1 aliphatic rings. The van der Waals surface area contributed by atoms with E-state index in [-0.39, 0.29) is 25.6 Å². The first-order valence-corrected chi connectivity index (χ1v) is 9.26. The summed E-state index contributed by atoms with van der Waals surface area (Å²) in [6, 6.07) is 18.0. The summed E-state index contributed by atoms with van der Waals surface area (Å²) in [6.45, 7) is 0. The maximum Gasteiger partial charge on any atom is 0.164 e. The Morgan fingerprint density at radius 2 is 1.62 bits per heavy atom. The molecule has 1 fully saturated rings. The number of nitrogens with zero attached hydrogens (tertiary/aromatic N) is 4. The molecule has 4 N–H and O–H groups in total. The minimum atomic E-state index is 0. The Labute approximate surface area is 175 Å². The Morgan fingerprint density at radius 3 is 2.31 bits per heavy atom. The number of benzene rings is 2. The summed E-state index contributed by atoms with van der Waals surface area (Å²) >= 11 is 0. The van der Waals surface area contributed by atoms with Gasteiger partial charge in [-0.1, -0.05) is 18.2 Å². The first-order valence-electron chi connectivity index (χ1n) is 9.26. The van der Waals surface area contributed by atoms with Gasteiger partial charge in [0.2, 0.25) is 0 Å². The molecule has 1 aliphatic carbocycles. The third-order valence-corrected chi connectivity index (χ3v) is 5.12. The number of ether oxygens (including phenoxy) is 1. The molecule has 4 aromatic rings. The van der Waals surface area contributed by atoms with Crippen LogP contribution in [0.5, 0.6) is 11.5 Å². The highest BCUT2D eigenvalue weighted by Gasteiger charge is 2.31. The van der Waals surface area contributed by atoms with Crippen LogP contribution in [0.2, 0.25) is 0 Å². The number of aromatic nitrogens is 4. The summed E-state index contributed by atoms with van der Waals surface area (Å²) in [6.07, 6.45) is 3.27. The number of fused-ring (bicyclic) bond motifs is 1. The van der Waals surface area contributed by atoms with Crippen LogP contribution in [0, 0.1) is 0 Å². The molecule has 0 atom stereocenters. The van der Waals surface area contributed by atoms with E-state index in [1.165, 1.54) is 6.33 Å². The summed E-state index contributed by atoms with van der Waals surface area (Å²) < 4.78 is 7.82. The van der Waals surface area contributed by atoms with Crippen molar-refractivity contribution < 1.29 is 4.74 Å². The maximum absolute atomic E-state index is 6.17. The summed E-state index contributed by atoms with van der Waals surface area (Å²) in [5.41, 5.74) is 14.6. The number of hydrogen-bond acceptors (Lipinski definition) is 6. The molecule has 0 bridgehead atoms. The summed E-state index contributed by atoms with van der Waals surface area (Å²) in [5.74, 6) is 1.98. The summed E-state index contributed by atoms with van der Waals surface area (Å²) in [4.78, 5) is 8.60. The molecule has 5 rings (SSSR count). The third kappa shape index (κ3) is 3.52. The molecule has 0 radical (unpaired) electrons. The molecule has 0 aliphatic heterocycles. The Bertz CT molecular complexity index is 1120. The quantitative estimate of drug-likeness (QED) is 0.536. The Morgan fingerprint density at radius 1 is 0.931 bits per heavy atom. The molecular formula is C21H22N6OS.